The molecule has 0 spiro atoms. The molecule has 0 amide bonds. The molecule has 2 heterocycles. The van der Waals surface area contributed by atoms with Crippen molar-refractivity contribution in [2.24, 2.45) is 7.05 Å². The molecule has 0 saturated carbocycles. The fourth-order valence-electron chi connectivity index (χ4n) is 2.45. The molecule has 0 N–H and O–H groups in total. The van der Waals surface area contributed by atoms with Gasteiger partial charge in [0.2, 0.25) is 5.89 Å². The number of hydrogen-bond acceptors (Lipinski definition) is 5. The number of aryl methyl sites for hydroxylation is 1. The van der Waals surface area contributed by atoms with E-state index < -0.39 is 17.4 Å². The molecule has 9 heteroatoms. The third kappa shape index (κ3) is 3.75. The van der Waals surface area contributed by atoms with E-state index in [4.69, 9.17) is 16.1 Å². The standard InChI is InChI=1S/C17H16ClFN4O3/c1-10-7-16(24)23(17(25)22(10)2)9-15-20-14(21-26-15)8-13(19)11-3-5-12(18)6-4-11/h3-7,13H,8-9H2,1-2H3/t13-/m1/s1. The number of benzene rings is 1. The Morgan fingerprint density at radius 1 is 1.27 bits per heavy atom. The van der Waals surface area contributed by atoms with E-state index in [0.717, 1.165) is 4.57 Å². The van der Waals surface area contributed by atoms with Gasteiger partial charge in [-0.1, -0.05) is 28.9 Å². The quantitative estimate of drug-likeness (QED) is 0.679. The molecule has 0 bridgehead atoms. The van der Waals surface area contributed by atoms with Gasteiger partial charge in [-0.15, -0.1) is 0 Å². The first kappa shape index (κ1) is 18.1. The van der Waals surface area contributed by atoms with Gasteiger partial charge < -0.3 is 9.09 Å². The van der Waals surface area contributed by atoms with Crippen LogP contribution in [-0.4, -0.2) is 19.3 Å². The fourth-order valence-corrected chi connectivity index (χ4v) is 2.57. The Morgan fingerprint density at radius 2 is 1.96 bits per heavy atom. The van der Waals surface area contributed by atoms with Crippen LogP contribution in [0.5, 0.6) is 0 Å². The summed E-state index contributed by atoms with van der Waals surface area (Å²) in [5.41, 5.74) is 0.0456. The van der Waals surface area contributed by atoms with Crippen molar-refractivity contribution in [1.29, 1.82) is 0 Å². The lowest BCUT2D eigenvalue weighted by Crippen LogP contribution is -2.39. The number of alkyl halides is 1. The molecular weight excluding hydrogens is 363 g/mol. The minimum atomic E-state index is -1.33. The Hall–Kier alpha value is -2.74. The predicted molar refractivity (Wildman–Crippen MR) is 93.1 cm³/mol. The van der Waals surface area contributed by atoms with E-state index in [1.54, 1.807) is 38.2 Å². The third-order valence-corrected chi connectivity index (χ3v) is 4.29. The van der Waals surface area contributed by atoms with Crippen LogP contribution in [0.2, 0.25) is 5.02 Å². The summed E-state index contributed by atoms with van der Waals surface area (Å²) >= 11 is 5.79. The van der Waals surface area contributed by atoms with Gasteiger partial charge in [0.25, 0.3) is 5.56 Å². The van der Waals surface area contributed by atoms with E-state index in [0.29, 0.717) is 16.3 Å². The van der Waals surface area contributed by atoms with Gasteiger partial charge >= 0.3 is 5.69 Å². The Bertz CT molecular complexity index is 1040. The topological polar surface area (TPSA) is 82.9 Å². The molecule has 136 valence electrons. The zero-order valence-corrected chi connectivity index (χ0v) is 14.9. The van der Waals surface area contributed by atoms with Crippen LogP contribution < -0.4 is 11.2 Å². The van der Waals surface area contributed by atoms with Gasteiger partial charge in [-0.3, -0.25) is 9.36 Å². The maximum absolute atomic E-state index is 14.3. The van der Waals surface area contributed by atoms with Crippen LogP contribution >= 0.6 is 11.6 Å². The molecule has 0 fully saturated rings. The highest BCUT2D eigenvalue weighted by molar-refractivity contribution is 6.30. The smallest absolute Gasteiger partial charge is 0.331 e. The van der Waals surface area contributed by atoms with Crippen LogP contribution in [0.15, 0.2) is 44.4 Å². The van der Waals surface area contributed by atoms with Crippen molar-refractivity contribution >= 4 is 11.6 Å². The van der Waals surface area contributed by atoms with Crippen LogP contribution in [0.3, 0.4) is 0 Å². The van der Waals surface area contributed by atoms with Crippen molar-refractivity contribution in [3.8, 4) is 0 Å². The first-order chi connectivity index (χ1) is 12.3. The second kappa shape index (κ2) is 7.25. The van der Waals surface area contributed by atoms with Crippen molar-refractivity contribution in [2.75, 3.05) is 0 Å². The maximum Gasteiger partial charge on any atom is 0.331 e. The molecule has 7 nitrogen and oxygen atoms in total. The van der Waals surface area contributed by atoms with E-state index in [1.165, 1.54) is 10.6 Å². The summed E-state index contributed by atoms with van der Waals surface area (Å²) in [6.07, 6.45) is -1.42. The van der Waals surface area contributed by atoms with Crippen LogP contribution in [-0.2, 0) is 20.0 Å². The lowest BCUT2D eigenvalue weighted by Gasteiger charge is -2.06. The highest BCUT2D eigenvalue weighted by Gasteiger charge is 2.17. The average molecular weight is 379 g/mol. The molecule has 0 aliphatic heterocycles. The third-order valence-electron chi connectivity index (χ3n) is 4.04. The van der Waals surface area contributed by atoms with Crippen molar-refractivity contribution < 1.29 is 8.91 Å². The largest absolute Gasteiger partial charge is 0.337 e. The fraction of sp³-hybridized carbons (Fsp3) is 0.294. The van der Waals surface area contributed by atoms with E-state index >= 15 is 0 Å². The zero-order chi connectivity index (χ0) is 18.8. The Balaban J connectivity index is 1.77. The van der Waals surface area contributed by atoms with Gasteiger partial charge in [0.05, 0.1) is 0 Å². The van der Waals surface area contributed by atoms with Crippen LogP contribution in [0.1, 0.15) is 29.1 Å². The molecule has 1 aromatic carbocycles. The molecule has 3 aromatic rings. The Morgan fingerprint density at radius 3 is 2.65 bits per heavy atom. The second-order valence-electron chi connectivity index (χ2n) is 5.88. The van der Waals surface area contributed by atoms with Crippen LogP contribution in [0, 0.1) is 6.92 Å². The predicted octanol–water partition coefficient (Wildman–Crippen LogP) is 2.19. The summed E-state index contributed by atoms with van der Waals surface area (Å²) in [4.78, 5) is 28.3. The number of halogens is 2. The molecule has 2 aromatic heterocycles. The normalized spacial score (nSPS) is 12.3. The van der Waals surface area contributed by atoms with Gasteiger partial charge in [-0.2, -0.15) is 4.98 Å². The second-order valence-corrected chi connectivity index (χ2v) is 6.32. The SMILES string of the molecule is Cc1cc(=O)n(Cc2nc(C[C@@H](F)c3ccc(Cl)cc3)no2)c(=O)n1C. The van der Waals surface area contributed by atoms with Gasteiger partial charge in [0.15, 0.2) is 5.82 Å². The summed E-state index contributed by atoms with van der Waals surface area (Å²) in [6.45, 7) is 1.49. The molecule has 26 heavy (non-hydrogen) atoms. The van der Waals surface area contributed by atoms with Crippen molar-refractivity contribution in [1.82, 2.24) is 19.3 Å². The molecule has 0 aliphatic carbocycles. The number of rotatable bonds is 5. The Labute approximate surface area is 152 Å². The van der Waals surface area contributed by atoms with Crippen molar-refractivity contribution in [3.05, 3.63) is 79.2 Å². The van der Waals surface area contributed by atoms with Crippen molar-refractivity contribution in [2.45, 2.75) is 26.1 Å². The van der Waals surface area contributed by atoms with Gasteiger partial charge in [-0.25, -0.2) is 9.18 Å². The molecular formula is C17H16ClFN4O3. The van der Waals surface area contributed by atoms with E-state index in [-0.39, 0.29) is 24.7 Å². The first-order valence-corrected chi connectivity index (χ1v) is 8.21. The summed E-state index contributed by atoms with van der Waals surface area (Å²) in [6, 6.07) is 7.72. The van der Waals surface area contributed by atoms with E-state index in [2.05, 4.69) is 10.1 Å². The average Bonchev–Trinajstić information content (AvgIpc) is 3.04. The number of nitrogens with zero attached hydrogens (tertiary/aromatic N) is 4. The van der Waals surface area contributed by atoms with E-state index in [9.17, 15) is 14.0 Å². The number of hydrogen-bond donors (Lipinski definition) is 0. The van der Waals surface area contributed by atoms with E-state index in [1.807, 2.05) is 0 Å². The highest BCUT2D eigenvalue weighted by Crippen LogP contribution is 2.22. The summed E-state index contributed by atoms with van der Waals surface area (Å²) in [5, 5.41) is 4.24. The molecule has 0 saturated heterocycles. The van der Waals surface area contributed by atoms with Crippen LogP contribution in [0.25, 0.3) is 0 Å². The van der Waals surface area contributed by atoms with Gasteiger partial charge in [-0.05, 0) is 24.6 Å². The summed E-state index contributed by atoms with van der Waals surface area (Å²) < 4.78 is 21.7. The molecule has 1 atom stereocenters. The Kier molecular flexibility index (Phi) is 5.03. The van der Waals surface area contributed by atoms with Crippen molar-refractivity contribution in [3.63, 3.8) is 0 Å². The molecule has 3 rings (SSSR count). The molecule has 0 unspecified atom stereocenters. The van der Waals surface area contributed by atoms with Crippen LogP contribution in [0.4, 0.5) is 4.39 Å². The molecule has 0 radical (unpaired) electrons. The first-order valence-electron chi connectivity index (χ1n) is 7.83. The zero-order valence-electron chi connectivity index (χ0n) is 14.1. The minimum absolute atomic E-state index is 0.0614. The maximum atomic E-state index is 14.3. The lowest BCUT2D eigenvalue weighted by atomic mass is 10.1. The molecule has 0 aliphatic rings. The highest BCUT2D eigenvalue weighted by atomic mass is 35.5. The lowest BCUT2D eigenvalue weighted by molar-refractivity contribution is 0.324. The minimum Gasteiger partial charge on any atom is -0.337 e. The van der Waals surface area contributed by atoms with Gasteiger partial charge in [0, 0.05) is 30.3 Å². The number of aromatic nitrogens is 4. The van der Waals surface area contributed by atoms with Gasteiger partial charge in [0.1, 0.15) is 12.7 Å². The summed E-state index contributed by atoms with van der Waals surface area (Å²) in [5.74, 6) is 0.214. The summed E-state index contributed by atoms with van der Waals surface area (Å²) in [7, 11) is 1.56. The monoisotopic (exact) mass is 378 g/mol.